The molecule has 0 saturated carbocycles. The predicted octanol–water partition coefficient (Wildman–Crippen LogP) is 1.34. The molecule has 0 fully saturated rings. The third-order valence-electron chi connectivity index (χ3n) is 0.726. The molecule has 0 spiro atoms. The summed E-state index contributed by atoms with van der Waals surface area (Å²) in [5.74, 6) is 0.0533. The first-order valence-corrected chi connectivity index (χ1v) is 4.07. The molecule has 0 bridgehead atoms. The zero-order valence-corrected chi connectivity index (χ0v) is 8.17. The van der Waals surface area contributed by atoms with Crippen molar-refractivity contribution in [1.29, 1.82) is 0 Å². The number of hydrogen-bond donors (Lipinski definition) is 1. The van der Waals surface area contributed by atoms with Gasteiger partial charge in [-0.1, -0.05) is 27.4 Å². The van der Waals surface area contributed by atoms with Gasteiger partial charge in [0.15, 0.2) is 0 Å². The van der Waals surface area contributed by atoms with Crippen LogP contribution in [0.4, 0.5) is 0 Å². The summed E-state index contributed by atoms with van der Waals surface area (Å²) in [7, 11) is 0. The van der Waals surface area contributed by atoms with Crippen molar-refractivity contribution in [3.8, 4) is 0 Å². The van der Waals surface area contributed by atoms with Crippen LogP contribution in [0.5, 0.6) is 0 Å². The molecule has 0 aliphatic carbocycles. The lowest BCUT2D eigenvalue weighted by molar-refractivity contribution is -0.138. The van der Waals surface area contributed by atoms with E-state index in [1.54, 1.807) is 0 Å². The van der Waals surface area contributed by atoms with Crippen molar-refractivity contribution in [2.45, 2.75) is 20.8 Å². The molecular weight excluding hydrogens is 154 g/mol. The highest BCUT2D eigenvalue weighted by molar-refractivity contribution is 5.81. The van der Waals surface area contributed by atoms with Gasteiger partial charge in [-0.25, -0.2) is 4.79 Å². The summed E-state index contributed by atoms with van der Waals surface area (Å²) < 4.78 is 4.70. The first-order valence-electron chi connectivity index (χ1n) is 4.07. The summed E-state index contributed by atoms with van der Waals surface area (Å²) in [6.07, 6.45) is 1.17. The van der Waals surface area contributed by atoms with Crippen LogP contribution in [0, 0.1) is 5.92 Å². The fourth-order valence-corrected chi connectivity index (χ4v) is 0.308. The smallest absolute Gasteiger partial charge is 0.330 e. The second-order valence-electron chi connectivity index (χ2n) is 2.64. The number of rotatable bonds is 3. The Morgan fingerprint density at radius 1 is 1.67 bits per heavy atom. The maximum atomic E-state index is 10.4. The van der Waals surface area contributed by atoms with Gasteiger partial charge < -0.3 is 10.5 Å². The molecule has 0 unspecified atom stereocenters. The largest absolute Gasteiger partial charge is 0.462 e. The van der Waals surface area contributed by atoms with Gasteiger partial charge in [0.1, 0.15) is 0 Å². The summed E-state index contributed by atoms with van der Waals surface area (Å²) in [5.41, 5.74) is 4.85. The second-order valence-corrected chi connectivity index (χ2v) is 2.64. The second kappa shape index (κ2) is 10.2. The Bertz CT molecular complexity index is 122. The number of esters is 1. The molecule has 0 aliphatic rings. The standard InChI is InChI=1S/C7H12O2.C2H7N/c1-4-7(8)9-5-6(2)3;1-2-3/h4,6H,1,5H2,2-3H3;2-3H2,1H3. The number of nitrogens with two attached hydrogens (primary N) is 1. The summed E-state index contributed by atoms with van der Waals surface area (Å²) in [5, 5.41) is 0. The Labute approximate surface area is 74.6 Å². The van der Waals surface area contributed by atoms with Crippen LogP contribution in [0.2, 0.25) is 0 Å². The minimum Gasteiger partial charge on any atom is -0.462 e. The van der Waals surface area contributed by atoms with Crippen molar-refractivity contribution in [3.05, 3.63) is 12.7 Å². The Kier molecular flexibility index (Phi) is 11.6. The first kappa shape index (κ1) is 13.7. The van der Waals surface area contributed by atoms with Gasteiger partial charge >= 0.3 is 5.97 Å². The lowest BCUT2D eigenvalue weighted by atomic mass is 10.2. The third kappa shape index (κ3) is 16.1. The number of hydrogen-bond acceptors (Lipinski definition) is 3. The van der Waals surface area contributed by atoms with E-state index in [4.69, 9.17) is 10.5 Å². The number of ether oxygens (including phenoxy) is 1. The van der Waals surface area contributed by atoms with Crippen LogP contribution in [0.25, 0.3) is 0 Å². The Balaban J connectivity index is 0. The van der Waals surface area contributed by atoms with Gasteiger partial charge in [-0.3, -0.25) is 0 Å². The van der Waals surface area contributed by atoms with Gasteiger partial charge in [0.05, 0.1) is 6.61 Å². The van der Waals surface area contributed by atoms with E-state index in [-0.39, 0.29) is 5.97 Å². The van der Waals surface area contributed by atoms with Crippen LogP contribution in [0.15, 0.2) is 12.7 Å². The molecule has 0 amide bonds. The molecule has 0 atom stereocenters. The summed E-state index contributed by atoms with van der Waals surface area (Å²) in [6.45, 7) is 10.4. The van der Waals surface area contributed by atoms with Gasteiger partial charge in [0.25, 0.3) is 0 Å². The molecular formula is C9H19NO2. The molecule has 3 nitrogen and oxygen atoms in total. The van der Waals surface area contributed by atoms with Crippen LogP contribution in [-0.2, 0) is 9.53 Å². The molecule has 0 saturated heterocycles. The average molecular weight is 173 g/mol. The predicted molar refractivity (Wildman–Crippen MR) is 50.7 cm³/mol. The van der Waals surface area contributed by atoms with E-state index in [0.717, 1.165) is 6.54 Å². The topological polar surface area (TPSA) is 52.3 Å². The van der Waals surface area contributed by atoms with E-state index in [2.05, 4.69) is 6.58 Å². The maximum Gasteiger partial charge on any atom is 0.330 e. The van der Waals surface area contributed by atoms with Crippen molar-refractivity contribution >= 4 is 5.97 Å². The zero-order valence-electron chi connectivity index (χ0n) is 8.17. The zero-order chi connectivity index (χ0) is 9.98. The van der Waals surface area contributed by atoms with Crippen LogP contribution in [-0.4, -0.2) is 19.1 Å². The van der Waals surface area contributed by atoms with Crippen LogP contribution in [0.3, 0.4) is 0 Å². The third-order valence-corrected chi connectivity index (χ3v) is 0.726. The molecule has 0 aromatic heterocycles. The Morgan fingerprint density at radius 3 is 2.33 bits per heavy atom. The van der Waals surface area contributed by atoms with Crippen molar-refractivity contribution in [1.82, 2.24) is 0 Å². The Hall–Kier alpha value is -0.830. The van der Waals surface area contributed by atoms with E-state index in [1.165, 1.54) is 6.08 Å². The summed E-state index contributed by atoms with van der Waals surface area (Å²) in [6, 6.07) is 0. The highest BCUT2D eigenvalue weighted by Crippen LogP contribution is 1.92. The molecule has 0 aromatic carbocycles. The van der Waals surface area contributed by atoms with Gasteiger partial charge in [-0.2, -0.15) is 0 Å². The molecule has 2 N–H and O–H groups in total. The van der Waals surface area contributed by atoms with Crippen LogP contribution < -0.4 is 5.73 Å². The summed E-state index contributed by atoms with van der Waals surface area (Å²) in [4.78, 5) is 10.4. The van der Waals surface area contributed by atoms with E-state index < -0.39 is 0 Å². The number of carbonyl (C=O) groups is 1. The molecule has 0 aromatic rings. The lowest BCUT2D eigenvalue weighted by Crippen LogP contribution is -2.06. The molecule has 0 rings (SSSR count). The normalized spacial score (nSPS) is 8.42. The molecule has 0 aliphatic heterocycles. The average Bonchev–Trinajstić information content (AvgIpc) is 2.01. The van der Waals surface area contributed by atoms with Gasteiger partial charge in [-0.15, -0.1) is 0 Å². The van der Waals surface area contributed by atoms with Gasteiger partial charge in [0, 0.05) is 6.08 Å². The minimum absolute atomic E-state index is 0.344. The van der Waals surface area contributed by atoms with E-state index in [0.29, 0.717) is 12.5 Å². The summed E-state index contributed by atoms with van der Waals surface area (Å²) >= 11 is 0. The van der Waals surface area contributed by atoms with Crippen molar-refractivity contribution in [3.63, 3.8) is 0 Å². The van der Waals surface area contributed by atoms with Crippen molar-refractivity contribution in [2.75, 3.05) is 13.2 Å². The fraction of sp³-hybridized carbons (Fsp3) is 0.667. The quantitative estimate of drug-likeness (QED) is 0.517. The SMILES string of the molecule is C=CC(=O)OCC(C)C.CCN. The monoisotopic (exact) mass is 173 g/mol. The fourth-order valence-electron chi connectivity index (χ4n) is 0.308. The highest BCUT2D eigenvalue weighted by atomic mass is 16.5. The first-order chi connectivity index (χ1) is 5.58. The van der Waals surface area contributed by atoms with E-state index in [9.17, 15) is 4.79 Å². The van der Waals surface area contributed by atoms with Crippen molar-refractivity contribution < 1.29 is 9.53 Å². The van der Waals surface area contributed by atoms with Crippen molar-refractivity contribution in [2.24, 2.45) is 11.7 Å². The lowest BCUT2D eigenvalue weighted by Gasteiger charge is -2.02. The molecule has 3 heteroatoms. The van der Waals surface area contributed by atoms with E-state index in [1.807, 2.05) is 20.8 Å². The van der Waals surface area contributed by atoms with Crippen LogP contribution >= 0.6 is 0 Å². The van der Waals surface area contributed by atoms with Crippen LogP contribution in [0.1, 0.15) is 20.8 Å². The van der Waals surface area contributed by atoms with Gasteiger partial charge in [-0.05, 0) is 12.5 Å². The Morgan fingerprint density at radius 2 is 2.08 bits per heavy atom. The maximum absolute atomic E-state index is 10.4. The van der Waals surface area contributed by atoms with Gasteiger partial charge in [0.2, 0.25) is 0 Å². The molecule has 12 heavy (non-hydrogen) atoms. The number of carbonyl (C=O) groups excluding carboxylic acids is 1. The molecule has 0 heterocycles. The minimum atomic E-state index is -0.344. The highest BCUT2D eigenvalue weighted by Gasteiger charge is 1.96. The molecule has 0 radical (unpaired) electrons. The molecule has 72 valence electrons. The van der Waals surface area contributed by atoms with E-state index >= 15 is 0 Å².